The molecule has 41 heavy (non-hydrogen) atoms. The van der Waals surface area contributed by atoms with Crippen LogP contribution in [-0.4, -0.2) is 77.6 Å². The fraction of sp³-hybridized carbons (Fsp3) is 0.517. The third kappa shape index (κ3) is 6.16. The van der Waals surface area contributed by atoms with Crippen LogP contribution in [-0.2, 0) is 28.7 Å². The van der Waals surface area contributed by atoms with Crippen LogP contribution in [0.3, 0.4) is 0 Å². The molecular weight excluding hydrogens is 537 g/mol. The highest BCUT2D eigenvalue weighted by Crippen LogP contribution is 2.40. The first kappa shape index (κ1) is 28.8. The zero-order chi connectivity index (χ0) is 29.1. The number of nitriles is 1. The maximum Gasteiger partial charge on any atom is 0.416 e. The summed E-state index contributed by atoms with van der Waals surface area (Å²) in [5.41, 5.74) is 0.576. The van der Waals surface area contributed by atoms with E-state index in [2.05, 4.69) is 22.5 Å². The SMILES string of the molecule is C=CC(=O)N1CCN(c2nc(OC[C@@H]3CCCN3C)nc3c2CO[C@@H](c2ccccc2C(F)(F)F)C3)C[C@@H]1CC#N. The molecule has 0 bridgehead atoms. The van der Waals surface area contributed by atoms with Crippen molar-refractivity contribution in [1.82, 2.24) is 19.8 Å². The van der Waals surface area contributed by atoms with Crippen LogP contribution in [0, 0.1) is 11.3 Å². The van der Waals surface area contributed by atoms with Gasteiger partial charge in [0.1, 0.15) is 12.4 Å². The predicted molar refractivity (Wildman–Crippen MR) is 144 cm³/mol. The lowest BCUT2D eigenvalue weighted by molar-refractivity contribution is -0.139. The molecule has 1 amide bonds. The Morgan fingerprint density at radius 2 is 2.05 bits per heavy atom. The number of amides is 1. The lowest BCUT2D eigenvalue weighted by Crippen LogP contribution is -2.55. The van der Waals surface area contributed by atoms with E-state index in [1.54, 1.807) is 11.0 Å². The highest BCUT2D eigenvalue weighted by Gasteiger charge is 2.38. The van der Waals surface area contributed by atoms with E-state index >= 15 is 0 Å². The van der Waals surface area contributed by atoms with Gasteiger partial charge in [-0.3, -0.25) is 4.79 Å². The Labute approximate surface area is 237 Å². The summed E-state index contributed by atoms with van der Waals surface area (Å²) in [6.07, 6.45) is -1.80. The summed E-state index contributed by atoms with van der Waals surface area (Å²) in [5, 5.41) is 9.41. The van der Waals surface area contributed by atoms with Crippen molar-refractivity contribution in [3.05, 3.63) is 59.3 Å². The third-order valence-electron chi connectivity index (χ3n) is 8.11. The number of hydrogen-bond acceptors (Lipinski definition) is 8. The molecule has 9 nitrogen and oxygen atoms in total. The molecule has 3 aliphatic heterocycles. The summed E-state index contributed by atoms with van der Waals surface area (Å²) >= 11 is 0. The van der Waals surface area contributed by atoms with Gasteiger partial charge in [-0.25, -0.2) is 0 Å². The second-order valence-corrected chi connectivity index (χ2v) is 10.6. The van der Waals surface area contributed by atoms with Crippen molar-refractivity contribution in [3.8, 4) is 12.1 Å². The largest absolute Gasteiger partial charge is 0.462 e. The number of carbonyl (C=O) groups is 1. The first-order chi connectivity index (χ1) is 19.7. The third-order valence-corrected chi connectivity index (χ3v) is 8.11. The highest BCUT2D eigenvalue weighted by atomic mass is 19.4. The van der Waals surface area contributed by atoms with Gasteiger partial charge in [-0.2, -0.15) is 28.4 Å². The predicted octanol–water partition coefficient (Wildman–Crippen LogP) is 3.90. The molecule has 0 spiro atoms. The molecule has 1 aromatic carbocycles. The molecule has 3 atom stereocenters. The van der Waals surface area contributed by atoms with E-state index in [-0.39, 0.29) is 49.0 Å². The van der Waals surface area contributed by atoms with Gasteiger partial charge >= 0.3 is 12.2 Å². The summed E-state index contributed by atoms with van der Waals surface area (Å²) in [6.45, 7) is 6.12. The lowest BCUT2D eigenvalue weighted by atomic mass is 9.95. The number of likely N-dealkylation sites (N-methyl/N-ethyl adjacent to an activating group) is 1. The van der Waals surface area contributed by atoms with E-state index in [9.17, 15) is 23.2 Å². The van der Waals surface area contributed by atoms with E-state index in [0.29, 0.717) is 43.3 Å². The molecule has 2 saturated heterocycles. The smallest absolute Gasteiger partial charge is 0.416 e. The standard InChI is InChI=1S/C29H33F3N6O3/c1-3-26(39)38-14-13-37(16-19(38)10-11-33)27-22-18-40-25(21-8-4-5-9-23(21)29(30,31)32)15-24(22)34-28(35-27)41-17-20-7-6-12-36(20)2/h3-5,8-9,19-20,25H,1,6-7,10,12-18H2,2H3/t19-,20-,25+/m0/s1. The van der Waals surface area contributed by atoms with Crippen LogP contribution in [0.1, 0.15) is 47.8 Å². The van der Waals surface area contributed by atoms with Crippen molar-refractivity contribution in [3.63, 3.8) is 0 Å². The summed E-state index contributed by atoms with van der Waals surface area (Å²) in [4.78, 5) is 27.7. The number of halogens is 3. The van der Waals surface area contributed by atoms with Gasteiger partial charge in [-0.15, -0.1) is 0 Å². The Bertz CT molecular complexity index is 1330. The van der Waals surface area contributed by atoms with Gasteiger partial charge in [0.25, 0.3) is 0 Å². The van der Waals surface area contributed by atoms with Gasteiger partial charge < -0.3 is 24.2 Å². The number of ether oxygens (including phenoxy) is 2. The van der Waals surface area contributed by atoms with Crippen molar-refractivity contribution in [2.45, 2.75) is 56.7 Å². The van der Waals surface area contributed by atoms with Gasteiger partial charge in [0.2, 0.25) is 5.91 Å². The van der Waals surface area contributed by atoms with Gasteiger partial charge in [-0.1, -0.05) is 24.8 Å². The molecule has 0 radical (unpaired) electrons. The minimum Gasteiger partial charge on any atom is -0.462 e. The van der Waals surface area contributed by atoms with Gasteiger partial charge in [-0.05, 0) is 44.1 Å². The van der Waals surface area contributed by atoms with Crippen LogP contribution in [0.2, 0.25) is 0 Å². The quantitative estimate of drug-likeness (QED) is 0.463. The first-order valence-corrected chi connectivity index (χ1v) is 13.7. The molecule has 0 aliphatic carbocycles. The monoisotopic (exact) mass is 570 g/mol. The number of piperazine rings is 1. The number of anilines is 1. The maximum absolute atomic E-state index is 13.8. The molecular formula is C29H33F3N6O3. The normalized spacial score (nSPS) is 23.1. The minimum absolute atomic E-state index is 0.0158. The highest BCUT2D eigenvalue weighted by molar-refractivity contribution is 5.87. The molecule has 4 heterocycles. The summed E-state index contributed by atoms with van der Waals surface area (Å²) in [6, 6.07) is 7.60. The zero-order valence-corrected chi connectivity index (χ0v) is 22.9. The number of nitrogens with zero attached hydrogens (tertiary/aromatic N) is 6. The molecule has 218 valence electrons. The van der Waals surface area contributed by atoms with Crippen molar-refractivity contribution < 1.29 is 27.4 Å². The molecule has 2 aromatic rings. The van der Waals surface area contributed by atoms with Crippen LogP contribution >= 0.6 is 0 Å². The second-order valence-electron chi connectivity index (χ2n) is 10.6. The Kier molecular flexibility index (Phi) is 8.47. The summed E-state index contributed by atoms with van der Waals surface area (Å²) in [5.74, 6) is 0.315. The van der Waals surface area contributed by atoms with Crippen LogP contribution in [0.4, 0.5) is 19.0 Å². The Hall–Kier alpha value is -3.69. The van der Waals surface area contributed by atoms with Crippen molar-refractivity contribution >= 4 is 11.7 Å². The van der Waals surface area contributed by atoms with E-state index < -0.39 is 17.8 Å². The van der Waals surface area contributed by atoms with Crippen molar-refractivity contribution in [2.75, 3.05) is 44.7 Å². The average Bonchev–Trinajstić information content (AvgIpc) is 3.39. The number of alkyl halides is 3. The van der Waals surface area contributed by atoms with Crippen LogP contribution < -0.4 is 9.64 Å². The fourth-order valence-electron chi connectivity index (χ4n) is 5.89. The maximum atomic E-state index is 13.8. The van der Waals surface area contributed by atoms with Crippen molar-refractivity contribution in [2.24, 2.45) is 0 Å². The number of fused-ring (bicyclic) bond motifs is 1. The average molecular weight is 571 g/mol. The van der Waals surface area contributed by atoms with Crippen LogP contribution in [0.25, 0.3) is 0 Å². The molecule has 3 aliphatic rings. The second kappa shape index (κ2) is 12.0. The van der Waals surface area contributed by atoms with Gasteiger partial charge in [0, 0.05) is 37.7 Å². The topological polar surface area (TPSA) is 94.8 Å². The summed E-state index contributed by atoms with van der Waals surface area (Å²) < 4.78 is 53.5. The molecule has 0 N–H and O–H groups in total. The number of hydrogen-bond donors (Lipinski definition) is 0. The Morgan fingerprint density at radius 3 is 2.76 bits per heavy atom. The molecule has 5 rings (SSSR count). The van der Waals surface area contributed by atoms with Crippen LogP contribution in [0.15, 0.2) is 36.9 Å². The lowest BCUT2D eigenvalue weighted by Gasteiger charge is -2.42. The molecule has 1 aromatic heterocycles. The number of likely N-dealkylation sites (tertiary alicyclic amines) is 1. The molecule has 0 unspecified atom stereocenters. The van der Waals surface area contributed by atoms with E-state index in [4.69, 9.17) is 14.5 Å². The number of carbonyl (C=O) groups excluding carboxylic acids is 1. The fourth-order valence-corrected chi connectivity index (χ4v) is 5.89. The first-order valence-electron chi connectivity index (χ1n) is 13.7. The summed E-state index contributed by atoms with van der Waals surface area (Å²) in [7, 11) is 2.04. The van der Waals surface area contributed by atoms with Crippen molar-refractivity contribution in [1.29, 1.82) is 5.26 Å². The molecule has 2 fully saturated rings. The Balaban J connectivity index is 1.47. The zero-order valence-electron chi connectivity index (χ0n) is 22.9. The minimum atomic E-state index is -4.52. The number of benzene rings is 1. The van der Waals surface area contributed by atoms with E-state index in [0.717, 1.165) is 25.5 Å². The van der Waals surface area contributed by atoms with Gasteiger partial charge in [0.05, 0.1) is 42.5 Å². The molecule has 12 heteroatoms. The van der Waals surface area contributed by atoms with E-state index in [1.165, 1.54) is 18.2 Å². The van der Waals surface area contributed by atoms with Gasteiger partial charge in [0.15, 0.2) is 0 Å². The number of rotatable bonds is 7. The van der Waals surface area contributed by atoms with Crippen LogP contribution in [0.5, 0.6) is 6.01 Å². The van der Waals surface area contributed by atoms with E-state index in [1.807, 2.05) is 11.9 Å². The number of aromatic nitrogens is 2. The Morgan fingerprint density at radius 1 is 1.24 bits per heavy atom. The molecule has 0 saturated carbocycles.